The first-order chi connectivity index (χ1) is 8.16. The molecular weight excluding hydrogens is 228 g/mol. The highest BCUT2D eigenvalue weighted by molar-refractivity contribution is 6.20. The van der Waals surface area contributed by atoms with Gasteiger partial charge in [-0.1, -0.05) is 44.0 Å². The van der Waals surface area contributed by atoms with Crippen molar-refractivity contribution in [2.24, 2.45) is 11.8 Å². The first-order valence-electron chi connectivity index (χ1n) is 6.85. The van der Waals surface area contributed by atoms with Gasteiger partial charge in [-0.2, -0.15) is 0 Å². The van der Waals surface area contributed by atoms with Crippen molar-refractivity contribution >= 4 is 11.6 Å². The Hall–Kier alpha value is -0.490. The molecule has 2 rings (SSSR count). The molecule has 0 amide bonds. The molecule has 1 atom stereocenters. The van der Waals surface area contributed by atoms with Crippen LogP contribution in [0, 0.1) is 18.8 Å². The van der Waals surface area contributed by atoms with Gasteiger partial charge in [-0.3, -0.25) is 0 Å². The van der Waals surface area contributed by atoms with Gasteiger partial charge in [-0.15, -0.1) is 11.6 Å². The second-order valence-electron chi connectivity index (χ2n) is 5.67. The highest BCUT2D eigenvalue weighted by Crippen LogP contribution is 2.34. The molecule has 1 aliphatic rings. The van der Waals surface area contributed by atoms with Crippen LogP contribution in [0.15, 0.2) is 24.3 Å². The van der Waals surface area contributed by atoms with Crippen molar-refractivity contribution in [1.82, 2.24) is 0 Å². The number of benzene rings is 1. The number of rotatable bonds is 3. The Morgan fingerprint density at radius 2 is 1.82 bits per heavy atom. The SMILES string of the molecule is Cc1ccccc1CC(Cl)C1CCC(C)CC1. The lowest BCUT2D eigenvalue weighted by Gasteiger charge is -2.29. The fraction of sp³-hybridized carbons (Fsp3) is 0.625. The van der Waals surface area contributed by atoms with Crippen LogP contribution >= 0.6 is 11.6 Å². The summed E-state index contributed by atoms with van der Waals surface area (Å²) in [6.45, 7) is 4.54. The smallest absolute Gasteiger partial charge is 0.0404 e. The van der Waals surface area contributed by atoms with Crippen LogP contribution in [-0.2, 0) is 6.42 Å². The molecule has 0 bridgehead atoms. The number of hydrogen-bond donors (Lipinski definition) is 0. The van der Waals surface area contributed by atoms with Gasteiger partial charge in [0, 0.05) is 5.38 Å². The zero-order chi connectivity index (χ0) is 12.3. The summed E-state index contributed by atoms with van der Waals surface area (Å²) < 4.78 is 0. The summed E-state index contributed by atoms with van der Waals surface area (Å²) in [6, 6.07) is 8.62. The highest BCUT2D eigenvalue weighted by Gasteiger charge is 2.24. The molecule has 17 heavy (non-hydrogen) atoms. The molecule has 0 aliphatic heterocycles. The van der Waals surface area contributed by atoms with Crippen LogP contribution in [0.2, 0.25) is 0 Å². The fourth-order valence-electron chi connectivity index (χ4n) is 2.86. The topological polar surface area (TPSA) is 0 Å². The van der Waals surface area contributed by atoms with Crippen molar-refractivity contribution < 1.29 is 0 Å². The molecule has 0 spiro atoms. The van der Waals surface area contributed by atoms with Crippen molar-refractivity contribution in [3.05, 3.63) is 35.4 Å². The van der Waals surface area contributed by atoms with E-state index in [1.807, 2.05) is 0 Å². The van der Waals surface area contributed by atoms with E-state index in [9.17, 15) is 0 Å². The van der Waals surface area contributed by atoms with E-state index >= 15 is 0 Å². The van der Waals surface area contributed by atoms with Crippen LogP contribution < -0.4 is 0 Å². The van der Waals surface area contributed by atoms with Crippen LogP contribution in [0.1, 0.15) is 43.7 Å². The maximum atomic E-state index is 6.61. The first kappa shape index (κ1) is 13.0. The predicted molar refractivity (Wildman–Crippen MR) is 75.6 cm³/mol. The monoisotopic (exact) mass is 250 g/mol. The number of alkyl halides is 1. The fourth-order valence-corrected chi connectivity index (χ4v) is 3.28. The maximum Gasteiger partial charge on any atom is 0.0404 e. The van der Waals surface area contributed by atoms with Crippen molar-refractivity contribution in [1.29, 1.82) is 0 Å². The predicted octanol–water partition coefficient (Wildman–Crippen LogP) is 4.97. The third kappa shape index (κ3) is 3.48. The molecule has 0 N–H and O–H groups in total. The van der Waals surface area contributed by atoms with Gasteiger partial charge in [0.25, 0.3) is 0 Å². The van der Waals surface area contributed by atoms with Gasteiger partial charge in [0.15, 0.2) is 0 Å². The average Bonchev–Trinajstić information content (AvgIpc) is 2.33. The van der Waals surface area contributed by atoms with E-state index in [1.54, 1.807) is 0 Å². The molecule has 0 aromatic heterocycles. The lowest BCUT2D eigenvalue weighted by Crippen LogP contribution is -2.23. The molecule has 0 heterocycles. The van der Waals surface area contributed by atoms with E-state index in [1.165, 1.54) is 36.8 Å². The Balaban J connectivity index is 1.93. The normalized spacial score (nSPS) is 26.8. The van der Waals surface area contributed by atoms with Gasteiger partial charge in [-0.25, -0.2) is 0 Å². The summed E-state index contributed by atoms with van der Waals surface area (Å²) >= 11 is 6.61. The zero-order valence-electron chi connectivity index (χ0n) is 11.0. The number of aryl methyl sites for hydroxylation is 1. The average molecular weight is 251 g/mol. The molecule has 1 unspecified atom stereocenters. The molecule has 0 radical (unpaired) electrons. The molecule has 0 saturated heterocycles. The van der Waals surface area contributed by atoms with Gasteiger partial charge >= 0.3 is 0 Å². The van der Waals surface area contributed by atoms with E-state index in [2.05, 4.69) is 38.1 Å². The third-order valence-corrected chi connectivity index (χ3v) is 4.76. The van der Waals surface area contributed by atoms with E-state index in [4.69, 9.17) is 11.6 Å². The van der Waals surface area contributed by atoms with Gasteiger partial charge in [0.1, 0.15) is 0 Å². The van der Waals surface area contributed by atoms with Crippen LogP contribution in [0.4, 0.5) is 0 Å². The molecule has 1 fully saturated rings. The summed E-state index contributed by atoms with van der Waals surface area (Å²) in [5.41, 5.74) is 2.80. The molecule has 94 valence electrons. The zero-order valence-corrected chi connectivity index (χ0v) is 11.7. The lowest BCUT2D eigenvalue weighted by molar-refractivity contribution is 0.281. The van der Waals surface area contributed by atoms with E-state index in [0.29, 0.717) is 5.38 Å². The third-order valence-electron chi connectivity index (χ3n) is 4.25. The Bertz CT molecular complexity index is 350. The summed E-state index contributed by atoms with van der Waals surface area (Å²) in [5.74, 6) is 1.64. The summed E-state index contributed by atoms with van der Waals surface area (Å²) in [6.07, 6.45) is 6.40. The van der Waals surface area contributed by atoms with Crippen molar-refractivity contribution in [3.8, 4) is 0 Å². The van der Waals surface area contributed by atoms with Crippen molar-refractivity contribution in [2.45, 2.75) is 51.3 Å². The number of halogens is 1. The van der Waals surface area contributed by atoms with Crippen LogP contribution in [0.3, 0.4) is 0 Å². The second-order valence-corrected chi connectivity index (χ2v) is 6.23. The second kappa shape index (κ2) is 5.91. The highest BCUT2D eigenvalue weighted by atomic mass is 35.5. The van der Waals surface area contributed by atoms with E-state index in [0.717, 1.165) is 18.3 Å². The van der Waals surface area contributed by atoms with Crippen molar-refractivity contribution in [2.75, 3.05) is 0 Å². The molecule has 1 aliphatic carbocycles. The Labute approximate surface area is 110 Å². The Morgan fingerprint density at radius 3 is 2.47 bits per heavy atom. The minimum absolute atomic E-state index is 0.323. The number of hydrogen-bond acceptors (Lipinski definition) is 0. The molecule has 1 aromatic rings. The Morgan fingerprint density at radius 1 is 1.18 bits per heavy atom. The van der Waals surface area contributed by atoms with Gasteiger partial charge < -0.3 is 0 Å². The summed E-state index contributed by atoms with van der Waals surface area (Å²) in [5, 5.41) is 0.323. The molecule has 1 heteroatoms. The van der Waals surface area contributed by atoms with E-state index < -0.39 is 0 Å². The van der Waals surface area contributed by atoms with Gasteiger partial charge in [0.05, 0.1) is 0 Å². The molecular formula is C16H23Cl. The van der Waals surface area contributed by atoms with Crippen LogP contribution in [-0.4, -0.2) is 5.38 Å². The standard InChI is InChI=1S/C16H23Cl/c1-12-7-9-14(10-8-12)16(17)11-15-6-4-3-5-13(15)2/h3-6,12,14,16H,7-11H2,1-2H3. The largest absolute Gasteiger partial charge is 0.122 e. The van der Waals surface area contributed by atoms with Gasteiger partial charge in [-0.05, 0) is 49.1 Å². The van der Waals surface area contributed by atoms with Gasteiger partial charge in [0.2, 0.25) is 0 Å². The lowest BCUT2D eigenvalue weighted by atomic mass is 9.80. The molecule has 1 aromatic carbocycles. The summed E-state index contributed by atoms with van der Waals surface area (Å²) in [4.78, 5) is 0. The first-order valence-corrected chi connectivity index (χ1v) is 7.29. The molecule has 1 saturated carbocycles. The van der Waals surface area contributed by atoms with Crippen molar-refractivity contribution in [3.63, 3.8) is 0 Å². The minimum Gasteiger partial charge on any atom is -0.122 e. The Kier molecular flexibility index (Phi) is 4.50. The quantitative estimate of drug-likeness (QED) is 0.665. The maximum absolute atomic E-state index is 6.61. The van der Waals surface area contributed by atoms with Crippen LogP contribution in [0.25, 0.3) is 0 Å². The molecule has 0 nitrogen and oxygen atoms in total. The minimum atomic E-state index is 0.323. The summed E-state index contributed by atoms with van der Waals surface area (Å²) in [7, 11) is 0. The van der Waals surface area contributed by atoms with Crippen LogP contribution in [0.5, 0.6) is 0 Å². The van der Waals surface area contributed by atoms with E-state index in [-0.39, 0.29) is 0 Å².